The molecule has 1 rings (SSSR count). The molecule has 112 valence electrons. The normalized spacial score (nSPS) is 10.2. The van der Waals surface area contributed by atoms with Gasteiger partial charge in [-0.05, 0) is 18.1 Å². The highest BCUT2D eigenvalue weighted by molar-refractivity contribution is 5.98. The van der Waals surface area contributed by atoms with Gasteiger partial charge in [-0.3, -0.25) is 14.9 Å². The number of nitro groups is 1. The quantitative estimate of drug-likeness (QED) is 0.596. The zero-order valence-electron chi connectivity index (χ0n) is 11.9. The van der Waals surface area contributed by atoms with Crippen molar-refractivity contribution in [3.8, 4) is 6.07 Å². The lowest BCUT2D eigenvalue weighted by Crippen LogP contribution is -2.35. The van der Waals surface area contributed by atoms with Crippen molar-refractivity contribution in [3.63, 3.8) is 0 Å². The molecule has 7 heteroatoms. The summed E-state index contributed by atoms with van der Waals surface area (Å²) in [5.41, 5.74) is -0.731. The molecule has 1 aromatic rings. The van der Waals surface area contributed by atoms with E-state index in [1.54, 1.807) is 0 Å². The van der Waals surface area contributed by atoms with Crippen LogP contribution >= 0.6 is 0 Å². The first kappa shape index (κ1) is 16.6. The first-order valence-electron chi connectivity index (χ1n) is 6.47. The zero-order valence-corrected chi connectivity index (χ0v) is 11.9. The Morgan fingerprint density at radius 3 is 2.71 bits per heavy atom. The van der Waals surface area contributed by atoms with Crippen molar-refractivity contribution in [3.05, 3.63) is 39.7 Å². The maximum atomic E-state index is 13.1. The fourth-order valence-electron chi connectivity index (χ4n) is 1.91. The molecule has 1 amide bonds. The summed E-state index contributed by atoms with van der Waals surface area (Å²) in [5, 5.41) is 19.6. The number of carbonyl (C=O) groups is 1. The first-order valence-corrected chi connectivity index (χ1v) is 6.47. The third-order valence-corrected chi connectivity index (χ3v) is 2.75. The van der Waals surface area contributed by atoms with Crippen molar-refractivity contribution in [1.82, 2.24) is 4.90 Å². The number of hydrogen-bond acceptors (Lipinski definition) is 4. The summed E-state index contributed by atoms with van der Waals surface area (Å²) in [4.78, 5) is 24.0. The predicted octanol–water partition coefficient (Wildman–Crippen LogP) is 2.75. The molecule has 0 spiro atoms. The van der Waals surface area contributed by atoms with Crippen LogP contribution in [0.15, 0.2) is 18.2 Å². The van der Waals surface area contributed by atoms with E-state index in [1.807, 2.05) is 19.9 Å². The molecule has 0 saturated heterocycles. The summed E-state index contributed by atoms with van der Waals surface area (Å²) in [5.74, 6) is -1.19. The van der Waals surface area contributed by atoms with Crippen molar-refractivity contribution >= 4 is 11.6 Å². The highest BCUT2D eigenvalue weighted by atomic mass is 19.1. The highest BCUT2D eigenvalue weighted by Gasteiger charge is 2.25. The van der Waals surface area contributed by atoms with Gasteiger partial charge in [0.25, 0.3) is 11.6 Å². The van der Waals surface area contributed by atoms with E-state index in [9.17, 15) is 19.3 Å². The number of nitrogens with zero attached hydrogens (tertiary/aromatic N) is 3. The number of nitriles is 1. The van der Waals surface area contributed by atoms with Crippen molar-refractivity contribution < 1.29 is 14.1 Å². The molecule has 0 aliphatic rings. The number of nitro benzene ring substituents is 1. The highest BCUT2D eigenvalue weighted by Crippen LogP contribution is 2.22. The van der Waals surface area contributed by atoms with Crippen molar-refractivity contribution in [2.45, 2.75) is 20.3 Å². The van der Waals surface area contributed by atoms with Crippen LogP contribution in [-0.4, -0.2) is 28.8 Å². The molecular formula is C14H16FN3O3. The Bertz CT molecular complexity index is 581. The van der Waals surface area contributed by atoms with Crippen LogP contribution in [0.3, 0.4) is 0 Å². The van der Waals surface area contributed by atoms with Gasteiger partial charge < -0.3 is 4.90 Å². The fourth-order valence-corrected chi connectivity index (χ4v) is 1.91. The van der Waals surface area contributed by atoms with Gasteiger partial charge in [0.2, 0.25) is 0 Å². The lowest BCUT2D eigenvalue weighted by molar-refractivity contribution is -0.385. The Morgan fingerprint density at radius 2 is 2.19 bits per heavy atom. The molecule has 0 N–H and O–H groups in total. The van der Waals surface area contributed by atoms with Crippen LogP contribution < -0.4 is 0 Å². The lowest BCUT2D eigenvalue weighted by atomic mass is 10.1. The second-order valence-corrected chi connectivity index (χ2v) is 4.97. The van der Waals surface area contributed by atoms with E-state index < -0.39 is 22.3 Å². The Balaban J connectivity index is 3.14. The number of benzene rings is 1. The molecule has 0 heterocycles. The molecule has 0 atom stereocenters. The van der Waals surface area contributed by atoms with Gasteiger partial charge in [0.05, 0.1) is 23.5 Å². The Labute approximate surface area is 121 Å². The third-order valence-electron chi connectivity index (χ3n) is 2.75. The Hall–Kier alpha value is -2.49. The summed E-state index contributed by atoms with van der Waals surface area (Å²) < 4.78 is 13.1. The second kappa shape index (κ2) is 7.33. The maximum Gasteiger partial charge on any atom is 0.285 e. The molecule has 0 aliphatic carbocycles. The zero-order chi connectivity index (χ0) is 16.0. The largest absolute Gasteiger partial charge is 0.337 e. The average molecular weight is 293 g/mol. The van der Waals surface area contributed by atoms with Crippen LogP contribution in [-0.2, 0) is 0 Å². The number of halogens is 1. The van der Waals surface area contributed by atoms with Gasteiger partial charge in [-0.25, -0.2) is 4.39 Å². The van der Waals surface area contributed by atoms with E-state index in [2.05, 4.69) is 0 Å². The minimum atomic E-state index is -0.784. The van der Waals surface area contributed by atoms with E-state index in [-0.39, 0.29) is 24.4 Å². The Morgan fingerprint density at radius 1 is 1.52 bits per heavy atom. The molecule has 21 heavy (non-hydrogen) atoms. The van der Waals surface area contributed by atoms with E-state index in [0.29, 0.717) is 6.54 Å². The molecule has 1 aromatic carbocycles. The SMILES string of the molecule is CC(C)CN(CCC#N)C(=O)c1ccc(F)cc1[N+](=O)[O-]. The number of amides is 1. The molecule has 0 radical (unpaired) electrons. The summed E-state index contributed by atoms with van der Waals surface area (Å²) in [6, 6.07) is 4.78. The minimum absolute atomic E-state index is 0.132. The molecule has 0 unspecified atom stereocenters. The van der Waals surface area contributed by atoms with E-state index in [0.717, 1.165) is 18.2 Å². The fraction of sp³-hybridized carbons (Fsp3) is 0.429. The van der Waals surface area contributed by atoms with Crippen LogP contribution in [0.2, 0.25) is 0 Å². The smallest absolute Gasteiger partial charge is 0.285 e. The third kappa shape index (κ3) is 4.53. The number of hydrogen-bond donors (Lipinski definition) is 0. The van der Waals surface area contributed by atoms with E-state index in [4.69, 9.17) is 5.26 Å². The van der Waals surface area contributed by atoms with Crippen molar-refractivity contribution in [1.29, 1.82) is 5.26 Å². The maximum absolute atomic E-state index is 13.1. The molecule has 0 saturated carbocycles. The monoisotopic (exact) mass is 293 g/mol. The molecule has 6 nitrogen and oxygen atoms in total. The summed E-state index contributed by atoms with van der Waals surface area (Å²) in [7, 11) is 0. The Kier molecular flexibility index (Phi) is 5.79. The average Bonchev–Trinajstić information content (AvgIpc) is 2.42. The van der Waals surface area contributed by atoms with Crippen LogP contribution in [0.25, 0.3) is 0 Å². The lowest BCUT2D eigenvalue weighted by Gasteiger charge is -2.23. The summed E-state index contributed by atoms with van der Waals surface area (Å²) in [6.45, 7) is 4.34. The number of carbonyl (C=O) groups excluding carboxylic acids is 1. The first-order chi connectivity index (χ1) is 9.86. The van der Waals surface area contributed by atoms with Crippen molar-refractivity contribution in [2.75, 3.05) is 13.1 Å². The molecule has 0 bridgehead atoms. The van der Waals surface area contributed by atoms with Gasteiger partial charge in [0, 0.05) is 13.1 Å². The van der Waals surface area contributed by atoms with Gasteiger partial charge >= 0.3 is 0 Å². The van der Waals surface area contributed by atoms with Crippen LogP contribution in [0.1, 0.15) is 30.6 Å². The topological polar surface area (TPSA) is 87.2 Å². The van der Waals surface area contributed by atoms with Crippen LogP contribution in [0.5, 0.6) is 0 Å². The van der Waals surface area contributed by atoms with E-state index in [1.165, 1.54) is 4.90 Å². The minimum Gasteiger partial charge on any atom is -0.337 e. The molecule has 0 aliphatic heterocycles. The number of rotatable bonds is 6. The van der Waals surface area contributed by atoms with Gasteiger partial charge in [-0.15, -0.1) is 0 Å². The van der Waals surface area contributed by atoms with Crippen LogP contribution in [0.4, 0.5) is 10.1 Å². The van der Waals surface area contributed by atoms with Gasteiger partial charge in [0.15, 0.2) is 0 Å². The molecule has 0 aromatic heterocycles. The van der Waals surface area contributed by atoms with E-state index >= 15 is 0 Å². The standard InChI is InChI=1S/C14H16FN3O3/c1-10(2)9-17(7-3-6-16)14(19)12-5-4-11(15)8-13(12)18(20)21/h4-5,8,10H,3,7,9H2,1-2H3. The summed E-state index contributed by atoms with van der Waals surface area (Å²) in [6.07, 6.45) is 0.132. The van der Waals surface area contributed by atoms with Crippen molar-refractivity contribution in [2.24, 2.45) is 5.92 Å². The molecule has 0 fully saturated rings. The molecular weight excluding hydrogens is 277 g/mol. The van der Waals surface area contributed by atoms with Gasteiger partial charge in [-0.2, -0.15) is 5.26 Å². The predicted molar refractivity (Wildman–Crippen MR) is 74.0 cm³/mol. The van der Waals surface area contributed by atoms with Gasteiger partial charge in [-0.1, -0.05) is 13.8 Å². The van der Waals surface area contributed by atoms with Crippen LogP contribution in [0, 0.1) is 33.2 Å². The summed E-state index contributed by atoms with van der Waals surface area (Å²) >= 11 is 0. The van der Waals surface area contributed by atoms with Gasteiger partial charge in [0.1, 0.15) is 11.4 Å². The second-order valence-electron chi connectivity index (χ2n) is 4.97.